The van der Waals surface area contributed by atoms with Gasteiger partial charge in [0, 0.05) is 19.0 Å². The highest BCUT2D eigenvalue weighted by atomic mass is 16.5. The number of hydrogen-bond acceptors (Lipinski definition) is 3. The van der Waals surface area contributed by atoms with Gasteiger partial charge >= 0.3 is 5.97 Å². The first kappa shape index (κ1) is 23.7. The molecule has 0 atom stereocenters. The molecule has 2 N–H and O–H groups in total. The molecule has 1 rings (SSSR count). The van der Waals surface area contributed by atoms with Crippen molar-refractivity contribution in [2.45, 2.75) is 77.7 Å². The lowest BCUT2D eigenvalue weighted by Crippen LogP contribution is -2.21. The Morgan fingerprint density at radius 2 is 1.68 bits per heavy atom. The number of carbonyl (C=O) groups excluding carboxylic acids is 1. The Hall–Kier alpha value is -2.30. The second kappa shape index (κ2) is 14.7. The molecule has 0 saturated heterocycles. The zero-order valence-electron chi connectivity index (χ0n) is 17.3. The van der Waals surface area contributed by atoms with E-state index in [2.05, 4.69) is 5.32 Å². The van der Waals surface area contributed by atoms with Gasteiger partial charge in [-0.3, -0.25) is 9.59 Å². The van der Waals surface area contributed by atoms with E-state index in [-0.39, 0.29) is 18.4 Å². The van der Waals surface area contributed by atoms with Crippen LogP contribution in [0.15, 0.2) is 30.3 Å². The Kier molecular flexibility index (Phi) is 12.5. The van der Waals surface area contributed by atoms with E-state index in [0.29, 0.717) is 6.54 Å². The van der Waals surface area contributed by atoms with Gasteiger partial charge in [-0.25, -0.2) is 0 Å². The van der Waals surface area contributed by atoms with Gasteiger partial charge in [0.15, 0.2) is 0 Å². The Morgan fingerprint density at radius 1 is 1.04 bits per heavy atom. The van der Waals surface area contributed by atoms with Crippen LogP contribution in [0.5, 0.6) is 5.75 Å². The zero-order chi connectivity index (χ0) is 20.6. The summed E-state index contributed by atoms with van der Waals surface area (Å²) in [5.74, 6) is 0.0265. The van der Waals surface area contributed by atoms with Crippen LogP contribution < -0.4 is 10.1 Å². The Bertz CT molecular complexity index is 610. The minimum atomic E-state index is -0.703. The van der Waals surface area contributed by atoms with Crippen LogP contribution in [0.3, 0.4) is 0 Å². The molecule has 0 aliphatic carbocycles. The van der Waals surface area contributed by atoms with Gasteiger partial charge in [0.05, 0.1) is 6.10 Å². The quantitative estimate of drug-likeness (QED) is 0.319. The van der Waals surface area contributed by atoms with E-state index in [1.165, 1.54) is 6.42 Å². The van der Waals surface area contributed by atoms with Crippen molar-refractivity contribution < 1.29 is 19.4 Å². The third-order valence-corrected chi connectivity index (χ3v) is 4.27. The van der Waals surface area contributed by atoms with E-state index in [1.54, 1.807) is 12.2 Å². The van der Waals surface area contributed by atoms with E-state index < -0.39 is 5.97 Å². The first-order valence-electron chi connectivity index (χ1n) is 10.4. The third-order valence-electron chi connectivity index (χ3n) is 4.27. The van der Waals surface area contributed by atoms with Gasteiger partial charge in [-0.05, 0) is 50.5 Å². The maximum Gasteiger partial charge on any atom is 0.303 e. The molecule has 0 aliphatic heterocycles. The van der Waals surface area contributed by atoms with Crippen LogP contribution in [0.2, 0.25) is 0 Å². The average Bonchev–Trinajstić information content (AvgIpc) is 2.64. The minimum Gasteiger partial charge on any atom is -0.491 e. The number of benzene rings is 1. The van der Waals surface area contributed by atoms with Gasteiger partial charge in [-0.15, -0.1) is 0 Å². The summed E-state index contributed by atoms with van der Waals surface area (Å²) >= 11 is 0. The first-order chi connectivity index (χ1) is 13.5. The molecule has 0 unspecified atom stereocenters. The lowest BCUT2D eigenvalue weighted by molar-refractivity contribution is -0.137. The maximum atomic E-state index is 11.9. The van der Waals surface area contributed by atoms with Crippen molar-refractivity contribution in [1.82, 2.24) is 5.32 Å². The number of amides is 1. The molecule has 0 fully saturated rings. The van der Waals surface area contributed by atoms with E-state index in [1.807, 2.05) is 38.1 Å². The van der Waals surface area contributed by atoms with Crippen LogP contribution in [0.4, 0.5) is 0 Å². The lowest BCUT2D eigenvalue weighted by atomic mass is 10.1. The number of aliphatic carboxylic acids is 1. The van der Waals surface area contributed by atoms with Gasteiger partial charge in [0.1, 0.15) is 5.75 Å². The van der Waals surface area contributed by atoms with Crippen molar-refractivity contribution in [3.63, 3.8) is 0 Å². The second-order valence-electron chi connectivity index (χ2n) is 7.34. The van der Waals surface area contributed by atoms with E-state index in [9.17, 15) is 9.59 Å². The number of carbonyl (C=O) groups is 2. The normalized spacial score (nSPS) is 11.1. The number of unbranched alkanes of at least 4 members (excludes halogenated alkanes) is 7. The van der Waals surface area contributed by atoms with Crippen molar-refractivity contribution in [2.75, 3.05) is 6.54 Å². The molecule has 5 heteroatoms. The van der Waals surface area contributed by atoms with Crippen LogP contribution >= 0.6 is 0 Å². The summed E-state index contributed by atoms with van der Waals surface area (Å²) in [6, 6.07) is 7.69. The number of rotatable bonds is 15. The number of hydrogen-bond donors (Lipinski definition) is 2. The summed E-state index contributed by atoms with van der Waals surface area (Å²) in [6.45, 7) is 4.66. The summed E-state index contributed by atoms with van der Waals surface area (Å²) in [5.41, 5.74) is 0.941. The predicted octanol–water partition coefficient (Wildman–Crippen LogP) is 5.20. The largest absolute Gasteiger partial charge is 0.491 e. The van der Waals surface area contributed by atoms with Crippen LogP contribution in [-0.2, 0) is 9.59 Å². The molecule has 0 spiro atoms. The smallest absolute Gasteiger partial charge is 0.303 e. The molecule has 1 amide bonds. The fourth-order valence-electron chi connectivity index (χ4n) is 2.87. The zero-order valence-corrected chi connectivity index (χ0v) is 17.3. The molecule has 0 aliphatic rings. The summed E-state index contributed by atoms with van der Waals surface area (Å²) in [7, 11) is 0. The molecule has 0 heterocycles. The van der Waals surface area contributed by atoms with E-state index in [4.69, 9.17) is 9.84 Å². The van der Waals surface area contributed by atoms with Crippen molar-refractivity contribution in [2.24, 2.45) is 0 Å². The van der Waals surface area contributed by atoms with Crippen molar-refractivity contribution in [3.05, 3.63) is 35.9 Å². The summed E-state index contributed by atoms with van der Waals surface area (Å²) < 4.78 is 5.65. The first-order valence-corrected chi connectivity index (χ1v) is 10.4. The minimum absolute atomic E-state index is 0.0754. The highest BCUT2D eigenvalue weighted by Crippen LogP contribution is 2.16. The highest BCUT2D eigenvalue weighted by molar-refractivity contribution is 5.91. The summed E-state index contributed by atoms with van der Waals surface area (Å²) in [5, 5.41) is 11.5. The monoisotopic (exact) mass is 389 g/mol. The Morgan fingerprint density at radius 3 is 2.32 bits per heavy atom. The highest BCUT2D eigenvalue weighted by Gasteiger charge is 2.00. The number of carboxylic acid groups (broad SMARTS) is 1. The topological polar surface area (TPSA) is 75.6 Å². The Labute approximate surface area is 169 Å². The molecule has 0 saturated carbocycles. The molecule has 5 nitrogen and oxygen atoms in total. The van der Waals surface area contributed by atoms with Crippen LogP contribution in [-0.4, -0.2) is 29.6 Å². The fourth-order valence-corrected chi connectivity index (χ4v) is 2.87. The summed E-state index contributed by atoms with van der Waals surface area (Å²) in [4.78, 5) is 22.3. The molecule has 0 bridgehead atoms. The number of nitrogens with one attached hydrogen (secondary N) is 1. The second-order valence-corrected chi connectivity index (χ2v) is 7.34. The molecule has 0 aromatic heterocycles. The number of ether oxygens (including phenoxy) is 1. The SMILES string of the molecule is CC(C)Oc1cccc(/C=C/C(=O)NCCCCCCCCCCC(=O)O)c1. The van der Waals surface area contributed by atoms with Gasteiger partial charge in [-0.2, -0.15) is 0 Å². The van der Waals surface area contributed by atoms with Crippen molar-refractivity contribution in [1.29, 1.82) is 0 Å². The van der Waals surface area contributed by atoms with Crippen molar-refractivity contribution >= 4 is 18.0 Å². The van der Waals surface area contributed by atoms with Crippen molar-refractivity contribution in [3.8, 4) is 5.75 Å². The Balaban J connectivity index is 2.06. The van der Waals surface area contributed by atoms with E-state index in [0.717, 1.165) is 56.3 Å². The molecule has 156 valence electrons. The molecular weight excluding hydrogens is 354 g/mol. The van der Waals surface area contributed by atoms with Gasteiger partial charge in [0.25, 0.3) is 0 Å². The predicted molar refractivity (Wildman–Crippen MR) is 113 cm³/mol. The molecule has 0 radical (unpaired) electrons. The van der Waals surface area contributed by atoms with Gasteiger partial charge in [-0.1, -0.05) is 50.7 Å². The molecule has 28 heavy (non-hydrogen) atoms. The van der Waals surface area contributed by atoms with Crippen LogP contribution in [0.25, 0.3) is 6.08 Å². The molecule has 1 aromatic carbocycles. The van der Waals surface area contributed by atoms with Gasteiger partial charge in [0.2, 0.25) is 5.91 Å². The van der Waals surface area contributed by atoms with E-state index >= 15 is 0 Å². The summed E-state index contributed by atoms with van der Waals surface area (Å²) in [6.07, 6.45) is 12.2. The lowest BCUT2D eigenvalue weighted by Gasteiger charge is -2.09. The molecular formula is C23H35NO4. The van der Waals surface area contributed by atoms with Crippen LogP contribution in [0, 0.1) is 0 Å². The number of carboxylic acids is 1. The maximum absolute atomic E-state index is 11.9. The fraction of sp³-hybridized carbons (Fsp3) is 0.565. The standard InChI is InChI=1S/C23H35NO4/c1-19(2)28-21-13-11-12-20(18-21)15-16-22(25)24-17-10-8-6-4-3-5-7-9-14-23(26)27/h11-13,15-16,18-19H,3-10,14,17H2,1-2H3,(H,24,25)(H,26,27)/b16-15+. The van der Waals surface area contributed by atoms with Crippen LogP contribution in [0.1, 0.15) is 77.2 Å². The molecule has 1 aromatic rings. The van der Waals surface area contributed by atoms with Gasteiger partial charge < -0.3 is 15.2 Å². The average molecular weight is 390 g/mol. The third kappa shape index (κ3) is 13.0.